The minimum Gasteiger partial charge on any atom is -0.378 e. The molecule has 0 unspecified atom stereocenters. The van der Waals surface area contributed by atoms with E-state index in [-0.39, 0.29) is 5.56 Å². The number of fused-ring (bicyclic) bond motifs is 1. The van der Waals surface area contributed by atoms with Crippen molar-refractivity contribution < 1.29 is 4.74 Å². The van der Waals surface area contributed by atoms with Crippen molar-refractivity contribution >= 4 is 33.5 Å². The third kappa shape index (κ3) is 3.15. The molecule has 0 radical (unpaired) electrons. The molecule has 6 nitrogen and oxygen atoms in total. The zero-order valence-corrected chi connectivity index (χ0v) is 15.6. The maximum Gasteiger partial charge on any atom is 0.282 e. The molecule has 0 saturated carbocycles. The molecule has 1 aliphatic rings. The Hall–Kier alpha value is -2.51. The number of morpholine rings is 1. The Kier molecular flexibility index (Phi) is 4.57. The topological polar surface area (TPSA) is 59.7 Å². The number of ether oxygens (including phenoxy) is 1. The monoisotopic (exact) mass is 368 g/mol. The highest BCUT2D eigenvalue weighted by Gasteiger charge is 2.12. The van der Waals surface area contributed by atoms with Crippen molar-refractivity contribution in [3.05, 3.63) is 57.0 Å². The van der Waals surface area contributed by atoms with Crippen LogP contribution in [0.5, 0.6) is 0 Å². The van der Waals surface area contributed by atoms with Gasteiger partial charge in [-0.1, -0.05) is 12.1 Å². The van der Waals surface area contributed by atoms with Gasteiger partial charge in [-0.25, -0.2) is 4.98 Å². The quantitative estimate of drug-likeness (QED) is 0.667. The molecular formula is C19H20N4O2S. The summed E-state index contributed by atoms with van der Waals surface area (Å²) >= 11 is 1.54. The molecule has 0 atom stereocenters. The predicted octanol–water partition coefficient (Wildman–Crippen LogP) is 2.79. The number of anilines is 1. The van der Waals surface area contributed by atoms with Gasteiger partial charge in [0.05, 0.1) is 24.8 Å². The van der Waals surface area contributed by atoms with E-state index in [9.17, 15) is 4.79 Å². The summed E-state index contributed by atoms with van der Waals surface area (Å²) in [4.78, 5) is 21.2. The summed E-state index contributed by atoms with van der Waals surface area (Å²) in [6, 6.07) is 8.16. The summed E-state index contributed by atoms with van der Waals surface area (Å²) in [6.07, 6.45) is 3.17. The lowest BCUT2D eigenvalue weighted by atomic mass is 10.2. The zero-order valence-electron chi connectivity index (χ0n) is 14.8. The summed E-state index contributed by atoms with van der Waals surface area (Å²) < 4.78 is 6.69. The molecule has 3 aromatic rings. The van der Waals surface area contributed by atoms with Crippen LogP contribution < -0.4 is 10.5 Å². The summed E-state index contributed by atoms with van der Waals surface area (Å²) in [5.41, 5.74) is 2.97. The molecule has 1 aromatic carbocycles. The molecule has 134 valence electrons. The number of thiophene rings is 1. The summed E-state index contributed by atoms with van der Waals surface area (Å²) in [5.74, 6) is 0. The second-order valence-corrected chi connectivity index (χ2v) is 7.50. The molecular weight excluding hydrogens is 348 g/mol. The average Bonchev–Trinajstić information content (AvgIpc) is 2.97. The molecule has 2 aromatic heterocycles. The molecule has 0 bridgehead atoms. The highest BCUT2D eigenvalue weighted by Crippen LogP contribution is 2.25. The molecule has 4 rings (SSSR count). The van der Waals surface area contributed by atoms with Gasteiger partial charge in [0.2, 0.25) is 0 Å². The Balaban J connectivity index is 1.58. The number of rotatable bonds is 3. The Morgan fingerprint density at radius 2 is 1.92 bits per heavy atom. The van der Waals surface area contributed by atoms with Crippen molar-refractivity contribution in [2.24, 2.45) is 5.10 Å². The van der Waals surface area contributed by atoms with Gasteiger partial charge in [-0.3, -0.25) is 4.79 Å². The average molecular weight is 368 g/mol. The lowest BCUT2D eigenvalue weighted by Gasteiger charge is -2.28. The van der Waals surface area contributed by atoms with Crippen molar-refractivity contribution in [1.82, 2.24) is 9.66 Å². The van der Waals surface area contributed by atoms with Crippen LogP contribution in [0.4, 0.5) is 5.69 Å². The molecule has 26 heavy (non-hydrogen) atoms. The van der Waals surface area contributed by atoms with Crippen LogP contribution in [0, 0.1) is 13.8 Å². The van der Waals surface area contributed by atoms with Gasteiger partial charge in [0.15, 0.2) is 0 Å². The number of hydrogen-bond acceptors (Lipinski definition) is 6. The maximum absolute atomic E-state index is 12.6. The van der Waals surface area contributed by atoms with Gasteiger partial charge in [0.25, 0.3) is 5.56 Å². The number of benzene rings is 1. The molecule has 0 spiro atoms. The van der Waals surface area contributed by atoms with Crippen LogP contribution in [-0.4, -0.2) is 42.2 Å². The molecule has 0 aliphatic carbocycles. The summed E-state index contributed by atoms with van der Waals surface area (Å²) in [6.45, 7) is 7.31. The van der Waals surface area contributed by atoms with E-state index in [4.69, 9.17) is 4.74 Å². The predicted molar refractivity (Wildman–Crippen MR) is 106 cm³/mol. The van der Waals surface area contributed by atoms with Crippen LogP contribution in [-0.2, 0) is 4.74 Å². The van der Waals surface area contributed by atoms with Gasteiger partial charge in [0.1, 0.15) is 11.2 Å². The minimum atomic E-state index is -0.127. The van der Waals surface area contributed by atoms with Crippen molar-refractivity contribution in [2.75, 3.05) is 31.2 Å². The lowest BCUT2D eigenvalue weighted by molar-refractivity contribution is 0.122. The van der Waals surface area contributed by atoms with Crippen molar-refractivity contribution in [2.45, 2.75) is 13.8 Å². The fourth-order valence-corrected chi connectivity index (χ4v) is 4.02. The Morgan fingerprint density at radius 3 is 2.65 bits per heavy atom. The van der Waals surface area contributed by atoms with E-state index in [1.165, 1.54) is 16.7 Å². The molecule has 1 aliphatic heterocycles. The molecule has 0 N–H and O–H groups in total. The van der Waals surface area contributed by atoms with E-state index in [2.05, 4.69) is 27.1 Å². The van der Waals surface area contributed by atoms with E-state index in [0.717, 1.165) is 47.1 Å². The zero-order chi connectivity index (χ0) is 18.1. The van der Waals surface area contributed by atoms with Crippen LogP contribution in [0.2, 0.25) is 0 Å². The van der Waals surface area contributed by atoms with E-state index in [1.807, 2.05) is 26.0 Å². The van der Waals surface area contributed by atoms with Crippen LogP contribution in [0.25, 0.3) is 10.2 Å². The van der Waals surface area contributed by atoms with Gasteiger partial charge < -0.3 is 9.64 Å². The van der Waals surface area contributed by atoms with Crippen LogP contribution in [0.1, 0.15) is 16.0 Å². The third-order valence-electron chi connectivity index (χ3n) is 4.67. The molecule has 7 heteroatoms. The fourth-order valence-electron chi connectivity index (χ4n) is 3.03. The van der Waals surface area contributed by atoms with Gasteiger partial charge in [0, 0.05) is 23.7 Å². The Labute approximate surface area is 155 Å². The lowest BCUT2D eigenvalue weighted by Crippen LogP contribution is -2.36. The van der Waals surface area contributed by atoms with Crippen LogP contribution in [0.3, 0.4) is 0 Å². The Morgan fingerprint density at radius 1 is 1.19 bits per heavy atom. The van der Waals surface area contributed by atoms with E-state index in [0.29, 0.717) is 5.39 Å². The molecule has 0 amide bonds. The summed E-state index contributed by atoms with van der Waals surface area (Å²) in [5, 5.41) is 4.97. The van der Waals surface area contributed by atoms with Gasteiger partial charge >= 0.3 is 0 Å². The molecule has 3 heterocycles. The minimum absolute atomic E-state index is 0.127. The van der Waals surface area contributed by atoms with Crippen LogP contribution in [0.15, 0.2) is 40.5 Å². The molecule has 1 fully saturated rings. The smallest absolute Gasteiger partial charge is 0.282 e. The number of nitrogens with zero attached hydrogens (tertiary/aromatic N) is 4. The first-order valence-corrected chi connectivity index (χ1v) is 9.39. The van der Waals surface area contributed by atoms with Crippen molar-refractivity contribution in [3.63, 3.8) is 0 Å². The van der Waals surface area contributed by atoms with Gasteiger partial charge in [-0.15, -0.1) is 11.3 Å². The Bertz CT molecular complexity index is 1010. The highest BCUT2D eigenvalue weighted by molar-refractivity contribution is 7.18. The maximum atomic E-state index is 12.6. The van der Waals surface area contributed by atoms with E-state index >= 15 is 0 Å². The first-order chi connectivity index (χ1) is 12.6. The van der Waals surface area contributed by atoms with Gasteiger partial charge in [-0.2, -0.15) is 9.78 Å². The summed E-state index contributed by atoms with van der Waals surface area (Å²) in [7, 11) is 0. The van der Waals surface area contributed by atoms with E-state index < -0.39 is 0 Å². The second-order valence-electron chi connectivity index (χ2n) is 6.29. The number of hydrogen-bond donors (Lipinski definition) is 0. The standard InChI is InChI=1S/C19H20N4O2S/c1-13-14(2)26-18-17(13)19(24)23(12-20-18)21-11-15-3-5-16(6-4-15)22-7-9-25-10-8-22/h3-6,11-12H,7-10H2,1-2H3/b21-11+. The SMILES string of the molecule is Cc1sc2ncn(/N=C/c3ccc(N4CCOCC4)cc3)c(=O)c2c1C. The van der Waals surface area contributed by atoms with Crippen molar-refractivity contribution in [1.29, 1.82) is 0 Å². The van der Waals surface area contributed by atoms with E-state index in [1.54, 1.807) is 17.6 Å². The first-order valence-electron chi connectivity index (χ1n) is 8.58. The van der Waals surface area contributed by atoms with Gasteiger partial charge in [-0.05, 0) is 37.1 Å². The highest BCUT2D eigenvalue weighted by atomic mass is 32.1. The first kappa shape index (κ1) is 16.9. The number of aryl methyl sites for hydroxylation is 2. The van der Waals surface area contributed by atoms with Crippen molar-refractivity contribution in [3.8, 4) is 0 Å². The van der Waals surface area contributed by atoms with Crippen LogP contribution >= 0.6 is 11.3 Å². The number of aromatic nitrogens is 2. The normalized spacial score (nSPS) is 15.2. The third-order valence-corrected chi connectivity index (χ3v) is 5.79. The molecule has 1 saturated heterocycles. The largest absolute Gasteiger partial charge is 0.378 e. The fraction of sp³-hybridized carbons (Fsp3) is 0.316. The second kappa shape index (κ2) is 7.01.